The van der Waals surface area contributed by atoms with Crippen molar-refractivity contribution in [2.24, 2.45) is 7.05 Å². The van der Waals surface area contributed by atoms with E-state index in [-0.39, 0.29) is 5.91 Å². The molecule has 1 aliphatic heterocycles. The van der Waals surface area contributed by atoms with E-state index in [9.17, 15) is 4.79 Å². The van der Waals surface area contributed by atoms with Gasteiger partial charge in [0.15, 0.2) is 0 Å². The van der Waals surface area contributed by atoms with Gasteiger partial charge in [-0.05, 0) is 12.0 Å². The molecule has 0 unspecified atom stereocenters. The van der Waals surface area contributed by atoms with Crippen LogP contribution >= 0.6 is 0 Å². The molecule has 1 aromatic heterocycles. The zero-order chi connectivity index (χ0) is 11.4. The van der Waals surface area contributed by atoms with Crippen LogP contribution < -0.4 is 0 Å². The first-order chi connectivity index (χ1) is 7.18. The molecule has 0 bridgehead atoms. The smallest absolute Gasteiger partial charge is 0.219 e. The molecule has 0 spiro atoms. The number of carbonyl (C=O) groups excluding carboxylic acids is 1. The van der Waals surface area contributed by atoms with Gasteiger partial charge in [-0.2, -0.15) is 5.10 Å². The third-order valence-electron chi connectivity index (χ3n) is 2.59. The van der Waals surface area contributed by atoms with Crippen molar-refractivity contribution in [3.63, 3.8) is 0 Å². The van der Waals surface area contributed by atoms with Gasteiger partial charge in [-0.3, -0.25) is 9.48 Å². The van der Waals surface area contributed by atoms with Crippen molar-refractivity contribution in [2.45, 2.75) is 33.7 Å². The van der Waals surface area contributed by atoms with Crippen molar-refractivity contribution in [2.75, 3.05) is 6.54 Å². The predicted molar refractivity (Wildman–Crippen MR) is 59.4 cm³/mol. The molecule has 0 radical (unpaired) electrons. The van der Waals surface area contributed by atoms with E-state index in [0.29, 0.717) is 6.54 Å². The van der Waals surface area contributed by atoms with Crippen LogP contribution in [0.25, 0.3) is 0 Å². The van der Waals surface area contributed by atoms with Crippen molar-refractivity contribution < 1.29 is 4.79 Å². The second-order valence-corrected chi connectivity index (χ2v) is 3.43. The highest BCUT2D eigenvalue weighted by Gasteiger charge is 2.20. The average Bonchev–Trinajstić information content (AvgIpc) is 2.63. The number of carbonyl (C=O) groups is 1. The summed E-state index contributed by atoms with van der Waals surface area (Å²) >= 11 is 0. The minimum absolute atomic E-state index is 0.145. The fourth-order valence-electron chi connectivity index (χ4n) is 1.71. The molecule has 4 nitrogen and oxygen atoms in total. The van der Waals surface area contributed by atoms with Crippen LogP contribution in [0.15, 0.2) is 6.20 Å². The number of aromatic nitrogens is 2. The fourth-order valence-corrected chi connectivity index (χ4v) is 1.71. The summed E-state index contributed by atoms with van der Waals surface area (Å²) in [5.41, 5.74) is 2.45. The third-order valence-corrected chi connectivity index (χ3v) is 2.59. The van der Waals surface area contributed by atoms with Gasteiger partial charge in [0.1, 0.15) is 0 Å². The summed E-state index contributed by atoms with van der Waals surface area (Å²) in [6.45, 7) is 7.15. The number of rotatable bonds is 0. The van der Waals surface area contributed by atoms with Crippen molar-refractivity contribution >= 4 is 5.91 Å². The number of hydrogen-bond donors (Lipinski definition) is 0. The molecule has 1 aliphatic rings. The van der Waals surface area contributed by atoms with E-state index in [2.05, 4.69) is 5.10 Å². The molecule has 15 heavy (non-hydrogen) atoms. The molecule has 0 fully saturated rings. The number of hydrogen-bond acceptors (Lipinski definition) is 2. The summed E-state index contributed by atoms with van der Waals surface area (Å²) in [6, 6.07) is 0. The molecule has 0 saturated heterocycles. The minimum atomic E-state index is 0.145. The van der Waals surface area contributed by atoms with Crippen LogP contribution in [0.1, 0.15) is 32.0 Å². The van der Waals surface area contributed by atoms with Gasteiger partial charge >= 0.3 is 0 Å². The quantitative estimate of drug-likeness (QED) is 0.647. The normalized spacial score (nSPS) is 14.0. The summed E-state index contributed by atoms with van der Waals surface area (Å²) in [7, 11) is 1.92. The summed E-state index contributed by atoms with van der Waals surface area (Å²) in [6.07, 6.45) is 2.83. The Bertz CT molecular complexity index is 344. The van der Waals surface area contributed by atoms with Gasteiger partial charge < -0.3 is 4.90 Å². The third kappa shape index (κ3) is 2.37. The van der Waals surface area contributed by atoms with Gasteiger partial charge in [-0.25, -0.2) is 0 Å². The van der Waals surface area contributed by atoms with Gasteiger partial charge in [-0.1, -0.05) is 13.8 Å². The first kappa shape index (κ1) is 11.8. The van der Waals surface area contributed by atoms with Crippen molar-refractivity contribution in [3.05, 3.63) is 17.5 Å². The molecule has 0 N–H and O–H groups in total. The van der Waals surface area contributed by atoms with E-state index in [1.165, 1.54) is 11.3 Å². The topological polar surface area (TPSA) is 38.1 Å². The molecule has 2 rings (SSSR count). The Labute approximate surface area is 90.9 Å². The van der Waals surface area contributed by atoms with Gasteiger partial charge in [0, 0.05) is 20.5 Å². The van der Waals surface area contributed by atoms with Gasteiger partial charge in [0.2, 0.25) is 5.91 Å². The van der Waals surface area contributed by atoms with Crippen LogP contribution in [0, 0.1) is 0 Å². The van der Waals surface area contributed by atoms with Crippen LogP contribution in [0.2, 0.25) is 0 Å². The summed E-state index contributed by atoms with van der Waals surface area (Å²) in [5, 5.41) is 4.17. The standard InChI is InChI=1S/C9H13N3O.C2H6/c1-7(13)12-4-3-8-5-10-11(2)9(8)6-12;1-2/h5H,3-4,6H2,1-2H3;1-2H3. The predicted octanol–water partition coefficient (Wildman–Crippen LogP) is 1.35. The largest absolute Gasteiger partial charge is 0.337 e. The molecule has 0 aliphatic carbocycles. The first-order valence-electron chi connectivity index (χ1n) is 5.43. The lowest BCUT2D eigenvalue weighted by Gasteiger charge is -2.25. The molecule has 0 atom stereocenters. The average molecular weight is 209 g/mol. The van der Waals surface area contributed by atoms with E-state index in [1.807, 2.05) is 36.7 Å². The molecule has 0 saturated carbocycles. The molecule has 4 heteroatoms. The summed E-state index contributed by atoms with van der Waals surface area (Å²) in [4.78, 5) is 13.0. The second kappa shape index (κ2) is 4.96. The van der Waals surface area contributed by atoms with Crippen molar-refractivity contribution in [1.82, 2.24) is 14.7 Å². The highest BCUT2D eigenvalue weighted by atomic mass is 16.2. The highest BCUT2D eigenvalue weighted by molar-refractivity contribution is 5.73. The zero-order valence-corrected chi connectivity index (χ0v) is 9.95. The highest BCUT2D eigenvalue weighted by Crippen LogP contribution is 2.17. The number of fused-ring (bicyclic) bond motifs is 1. The molecule has 2 heterocycles. The molecule has 84 valence electrons. The molecule has 1 amide bonds. The summed E-state index contributed by atoms with van der Waals surface area (Å²) < 4.78 is 1.85. The van der Waals surface area contributed by atoms with E-state index in [4.69, 9.17) is 0 Å². The van der Waals surface area contributed by atoms with E-state index in [1.54, 1.807) is 6.92 Å². The SMILES string of the molecule is CC.CC(=O)N1CCc2cnn(C)c2C1. The van der Waals surface area contributed by atoms with Crippen LogP contribution in [0.4, 0.5) is 0 Å². The molecule has 0 aromatic carbocycles. The van der Waals surface area contributed by atoms with E-state index >= 15 is 0 Å². The van der Waals surface area contributed by atoms with E-state index < -0.39 is 0 Å². The molecular weight excluding hydrogens is 190 g/mol. The molecule has 1 aromatic rings. The lowest BCUT2D eigenvalue weighted by Crippen LogP contribution is -2.34. The van der Waals surface area contributed by atoms with Crippen LogP contribution in [0.5, 0.6) is 0 Å². The van der Waals surface area contributed by atoms with Gasteiger partial charge in [0.05, 0.1) is 18.4 Å². The maximum Gasteiger partial charge on any atom is 0.219 e. The molecular formula is C11H19N3O. The lowest BCUT2D eigenvalue weighted by atomic mass is 10.1. The van der Waals surface area contributed by atoms with E-state index in [0.717, 1.165) is 13.0 Å². The van der Waals surface area contributed by atoms with Crippen molar-refractivity contribution in [3.8, 4) is 0 Å². The maximum absolute atomic E-state index is 11.1. The Morgan fingerprint density at radius 1 is 1.47 bits per heavy atom. The Morgan fingerprint density at radius 2 is 2.13 bits per heavy atom. The lowest BCUT2D eigenvalue weighted by molar-refractivity contribution is -0.129. The number of nitrogens with zero attached hydrogens (tertiary/aromatic N) is 3. The Hall–Kier alpha value is -1.32. The van der Waals surface area contributed by atoms with Gasteiger partial charge in [0.25, 0.3) is 0 Å². The van der Waals surface area contributed by atoms with Gasteiger partial charge in [-0.15, -0.1) is 0 Å². The Morgan fingerprint density at radius 3 is 2.73 bits per heavy atom. The second-order valence-electron chi connectivity index (χ2n) is 3.43. The number of amides is 1. The summed E-state index contributed by atoms with van der Waals surface area (Å²) in [5.74, 6) is 0.145. The Kier molecular flexibility index (Phi) is 3.88. The van der Waals surface area contributed by atoms with Crippen LogP contribution in [-0.4, -0.2) is 27.1 Å². The minimum Gasteiger partial charge on any atom is -0.337 e. The fraction of sp³-hybridized carbons (Fsp3) is 0.636. The van der Waals surface area contributed by atoms with Crippen LogP contribution in [-0.2, 0) is 24.8 Å². The monoisotopic (exact) mass is 209 g/mol. The Balaban J connectivity index is 0.000000531. The first-order valence-corrected chi connectivity index (χ1v) is 5.43. The van der Waals surface area contributed by atoms with Crippen LogP contribution in [0.3, 0.4) is 0 Å². The number of aryl methyl sites for hydroxylation is 1. The zero-order valence-electron chi connectivity index (χ0n) is 9.95. The maximum atomic E-state index is 11.1. The van der Waals surface area contributed by atoms with Crippen molar-refractivity contribution in [1.29, 1.82) is 0 Å².